The van der Waals surface area contributed by atoms with Gasteiger partial charge in [-0.2, -0.15) is 0 Å². The van der Waals surface area contributed by atoms with E-state index >= 15 is 0 Å². The quantitative estimate of drug-likeness (QED) is 0.816. The van der Waals surface area contributed by atoms with Crippen LogP contribution in [-0.2, 0) is 11.3 Å². The van der Waals surface area contributed by atoms with Crippen LogP contribution in [0.25, 0.3) is 0 Å². The first-order valence-corrected chi connectivity index (χ1v) is 8.50. The minimum absolute atomic E-state index is 0.316. The van der Waals surface area contributed by atoms with Gasteiger partial charge in [-0.1, -0.05) is 23.2 Å². The lowest BCUT2D eigenvalue weighted by Crippen LogP contribution is -2.32. The van der Waals surface area contributed by atoms with Crippen molar-refractivity contribution in [1.82, 2.24) is 5.32 Å². The van der Waals surface area contributed by atoms with E-state index in [0.29, 0.717) is 28.5 Å². The second-order valence-corrected chi connectivity index (χ2v) is 6.48. The van der Waals surface area contributed by atoms with Crippen LogP contribution in [0, 0.1) is 0 Å². The monoisotopic (exact) mass is 351 g/mol. The number of ether oxygens (including phenoxy) is 2. The van der Waals surface area contributed by atoms with Crippen LogP contribution in [0.1, 0.15) is 18.4 Å². The van der Waals surface area contributed by atoms with Gasteiger partial charge in [0.2, 0.25) is 0 Å². The van der Waals surface area contributed by atoms with Crippen LogP contribution in [0.2, 0.25) is 10.0 Å². The molecule has 0 atom stereocenters. The van der Waals surface area contributed by atoms with Crippen LogP contribution in [0.4, 0.5) is 0 Å². The fourth-order valence-corrected chi connectivity index (χ4v) is 2.95. The van der Waals surface area contributed by atoms with E-state index in [2.05, 4.69) is 5.32 Å². The predicted octanol–water partition coefficient (Wildman–Crippen LogP) is 5.05. The standard InChI is InChI=1S/C18H19Cl2NO2/c19-14-1-3-17(4-2-14)23-18-10-13(9-15(20)11-18)12-22-16-5-7-21-8-6-16/h1-4,9-11,16,21H,5-8,12H2. The molecule has 2 aromatic carbocycles. The van der Waals surface area contributed by atoms with Gasteiger partial charge in [-0.3, -0.25) is 0 Å². The van der Waals surface area contributed by atoms with Gasteiger partial charge in [-0.15, -0.1) is 0 Å². The molecule has 1 heterocycles. The zero-order valence-electron chi connectivity index (χ0n) is 12.7. The van der Waals surface area contributed by atoms with E-state index in [1.54, 1.807) is 18.2 Å². The summed E-state index contributed by atoms with van der Waals surface area (Å²) in [5.74, 6) is 1.42. The second-order valence-electron chi connectivity index (χ2n) is 5.61. The molecular formula is C18H19Cl2NO2. The average Bonchev–Trinajstić information content (AvgIpc) is 2.56. The molecule has 3 rings (SSSR count). The van der Waals surface area contributed by atoms with Crippen molar-refractivity contribution in [3.05, 3.63) is 58.1 Å². The maximum Gasteiger partial charge on any atom is 0.129 e. The molecule has 0 radical (unpaired) electrons. The van der Waals surface area contributed by atoms with Crippen LogP contribution in [0.15, 0.2) is 42.5 Å². The van der Waals surface area contributed by atoms with Gasteiger partial charge in [0.15, 0.2) is 0 Å². The van der Waals surface area contributed by atoms with E-state index in [1.807, 2.05) is 24.3 Å². The summed E-state index contributed by atoms with van der Waals surface area (Å²) in [4.78, 5) is 0. The van der Waals surface area contributed by atoms with E-state index in [0.717, 1.165) is 37.2 Å². The highest BCUT2D eigenvalue weighted by molar-refractivity contribution is 6.31. The van der Waals surface area contributed by atoms with E-state index in [4.69, 9.17) is 32.7 Å². The van der Waals surface area contributed by atoms with Gasteiger partial charge in [0.05, 0.1) is 12.7 Å². The zero-order valence-corrected chi connectivity index (χ0v) is 14.2. The molecule has 0 bridgehead atoms. The van der Waals surface area contributed by atoms with Gasteiger partial charge in [0.1, 0.15) is 11.5 Å². The summed E-state index contributed by atoms with van der Waals surface area (Å²) in [6.07, 6.45) is 2.42. The molecule has 1 aliphatic rings. The summed E-state index contributed by atoms with van der Waals surface area (Å²) in [5, 5.41) is 4.65. The fourth-order valence-electron chi connectivity index (χ4n) is 2.58. The first-order valence-electron chi connectivity index (χ1n) is 7.74. The fraction of sp³-hybridized carbons (Fsp3) is 0.333. The van der Waals surface area contributed by atoms with Crippen molar-refractivity contribution in [2.24, 2.45) is 0 Å². The molecule has 1 aliphatic heterocycles. The number of hydrogen-bond donors (Lipinski definition) is 1. The van der Waals surface area contributed by atoms with Crippen molar-refractivity contribution >= 4 is 23.2 Å². The molecule has 0 amide bonds. The van der Waals surface area contributed by atoms with Crippen molar-refractivity contribution in [2.75, 3.05) is 13.1 Å². The molecule has 5 heteroatoms. The van der Waals surface area contributed by atoms with Gasteiger partial charge < -0.3 is 14.8 Å². The maximum atomic E-state index is 6.20. The Labute approximate surface area is 146 Å². The highest BCUT2D eigenvalue weighted by Gasteiger charge is 2.13. The van der Waals surface area contributed by atoms with Gasteiger partial charge in [0.25, 0.3) is 0 Å². The molecule has 23 heavy (non-hydrogen) atoms. The third kappa shape index (κ3) is 5.11. The lowest BCUT2D eigenvalue weighted by Gasteiger charge is -2.23. The summed E-state index contributed by atoms with van der Waals surface area (Å²) in [5.41, 5.74) is 1.01. The van der Waals surface area contributed by atoms with Crippen LogP contribution in [0.5, 0.6) is 11.5 Å². The molecular weight excluding hydrogens is 333 g/mol. The molecule has 1 saturated heterocycles. The van der Waals surface area contributed by atoms with E-state index in [9.17, 15) is 0 Å². The Morgan fingerprint density at radius 1 is 0.913 bits per heavy atom. The predicted molar refractivity (Wildman–Crippen MR) is 93.7 cm³/mol. The van der Waals surface area contributed by atoms with Crippen molar-refractivity contribution < 1.29 is 9.47 Å². The largest absolute Gasteiger partial charge is 0.457 e. The van der Waals surface area contributed by atoms with E-state index in [-0.39, 0.29) is 0 Å². The Morgan fingerprint density at radius 3 is 2.39 bits per heavy atom. The Kier molecular flexibility index (Phi) is 5.79. The third-order valence-corrected chi connectivity index (χ3v) is 4.22. The van der Waals surface area contributed by atoms with Gasteiger partial charge in [-0.25, -0.2) is 0 Å². The number of benzene rings is 2. The van der Waals surface area contributed by atoms with Crippen molar-refractivity contribution in [3.63, 3.8) is 0 Å². The Hall–Kier alpha value is -1.26. The first kappa shape index (κ1) is 16.6. The second kappa shape index (κ2) is 8.02. The molecule has 122 valence electrons. The zero-order chi connectivity index (χ0) is 16.1. The topological polar surface area (TPSA) is 30.5 Å². The minimum Gasteiger partial charge on any atom is -0.457 e. The Balaban J connectivity index is 1.64. The normalized spacial score (nSPS) is 15.6. The van der Waals surface area contributed by atoms with E-state index < -0.39 is 0 Å². The van der Waals surface area contributed by atoms with Gasteiger partial charge in [-0.05, 0) is 74.0 Å². The number of piperidine rings is 1. The molecule has 2 aromatic rings. The highest BCUT2D eigenvalue weighted by atomic mass is 35.5. The number of halogens is 2. The summed E-state index contributed by atoms with van der Waals surface area (Å²) in [7, 11) is 0. The summed E-state index contributed by atoms with van der Waals surface area (Å²) in [6, 6.07) is 12.9. The maximum absolute atomic E-state index is 6.20. The van der Waals surface area contributed by atoms with Crippen LogP contribution >= 0.6 is 23.2 Å². The van der Waals surface area contributed by atoms with Crippen LogP contribution < -0.4 is 10.1 Å². The van der Waals surface area contributed by atoms with E-state index in [1.165, 1.54) is 0 Å². The molecule has 3 nitrogen and oxygen atoms in total. The van der Waals surface area contributed by atoms with Crippen molar-refractivity contribution in [1.29, 1.82) is 0 Å². The van der Waals surface area contributed by atoms with Gasteiger partial charge >= 0.3 is 0 Å². The highest BCUT2D eigenvalue weighted by Crippen LogP contribution is 2.27. The number of nitrogens with one attached hydrogen (secondary N) is 1. The molecule has 1 fully saturated rings. The summed E-state index contributed by atoms with van der Waals surface area (Å²) < 4.78 is 11.8. The molecule has 0 aliphatic carbocycles. The molecule has 0 aromatic heterocycles. The summed E-state index contributed by atoms with van der Waals surface area (Å²) >= 11 is 12.1. The summed E-state index contributed by atoms with van der Waals surface area (Å²) in [6.45, 7) is 2.58. The van der Waals surface area contributed by atoms with Gasteiger partial charge in [0, 0.05) is 10.0 Å². The Morgan fingerprint density at radius 2 is 1.65 bits per heavy atom. The molecule has 0 unspecified atom stereocenters. The number of rotatable bonds is 5. The lowest BCUT2D eigenvalue weighted by atomic mass is 10.1. The third-order valence-electron chi connectivity index (χ3n) is 3.75. The molecule has 0 saturated carbocycles. The van der Waals surface area contributed by atoms with Crippen LogP contribution in [-0.4, -0.2) is 19.2 Å². The molecule has 1 N–H and O–H groups in total. The minimum atomic E-state index is 0.316. The van der Waals surface area contributed by atoms with Crippen molar-refractivity contribution in [3.8, 4) is 11.5 Å². The van der Waals surface area contributed by atoms with Crippen molar-refractivity contribution in [2.45, 2.75) is 25.6 Å². The smallest absolute Gasteiger partial charge is 0.129 e. The lowest BCUT2D eigenvalue weighted by molar-refractivity contribution is 0.0212. The first-order chi connectivity index (χ1) is 11.2. The van der Waals surface area contributed by atoms with Crippen LogP contribution in [0.3, 0.4) is 0 Å². The molecule has 0 spiro atoms. The number of hydrogen-bond acceptors (Lipinski definition) is 3. The SMILES string of the molecule is Clc1ccc(Oc2cc(Cl)cc(COC3CCNCC3)c2)cc1. The Bertz CT molecular complexity index is 640. The average molecular weight is 352 g/mol.